The van der Waals surface area contributed by atoms with Crippen LogP contribution in [0.4, 0.5) is 0 Å². The number of hydrogen-bond donors (Lipinski definition) is 1. The molecule has 0 saturated carbocycles. The summed E-state index contributed by atoms with van der Waals surface area (Å²) in [6.07, 6.45) is 4.53. The minimum absolute atomic E-state index is 0.196. The standard InChI is InChI=1S/C12H16BrN3O/c1-2-4-11-15-10-7-9(13)8-14-12(10)16(11)5-3-6-17/h7-8,17H,2-6H2,1H3. The number of halogens is 1. The highest BCUT2D eigenvalue weighted by molar-refractivity contribution is 9.10. The minimum Gasteiger partial charge on any atom is -0.396 e. The van der Waals surface area contributed by atoms with Crippen molar-refractivity contribution in [3.63, 3.8) is 0 Å². The Balaban J connectivity index is 2.46. The molecule has 0 aliphatic rings. The molecule has 2 aromatic heterocycles. The second kappa shape index (κ2) is 5.60. The van der Waals surface area contributed by atoms with Crippen LogP contribution in [0.25, 0.3) is 11.2 Å². The van der Waals surface area contributed by atoms with E-state index in [0.717, 1.165) is 47.3 Å². The molecule has 5 heteroatoms. The minimum atomic E-state index is 0.196. The van der Waals surface area contributed by atoms with Crippen molar-refractivity contribution in [3.8, 4) is 0 Å². The molecule has 0 fully saturated rings. The van der Waals surface area contributed by atoms with E-state index in [0.29, 0.717) is 0 Å². The van der Waals surface area contributed by atoms with Gasteiger partial charge in [0.1, 0.15) is 11.3 Å². The molecule has 0 unspecified atom stereocenters. The summed E-state index contributed by atoms with van der Waals surface area (Å²) in [7, 11) is 0. The topological polar surface area (TPSA) is 50.9 Å². The van der Waals surface area contributed by atoms with Crippen LogP contribution in [0.5, 0.6) is 0 Å². The predicted molar refractivity (Wildman–Crippen MR) is 70.9 cm³/mol. The highest BCUT2D eigenvalue weighted by atomic mass is 79.9. The van der Waals surface area contributed by atoms with Crippen molar-refractivity contribution < 1.29 is 5.11 Å². The summed E-state index contributed by atoms with van der Waals surface area (Å²) in [4.78, 5) is 9.01. The van der Waals surface area contributed by atoms with E-state index in [9.17, 15) is 0 Å². The Kier molecular flexibility index (Phi) is 4.12. The number of hydrogen-bond acceptors (Lipinski definition) is 3. The van der Waals surface area contributed by atoms with Crippen LogP contribution < -0.4 is 0 Å². The Morgan fingerprint density at radius 3 is 3.00 bits per heavy atom. The van der Waals surface area contributed by atoms with Crippen molar-refractivity contribution in [3.05, 3.63) is 22.6 Å². The summed E-state index contributed by atoms with van der Waals surface area (Å²) in [5.74, 6) is 1.06. The molecular weight excluding hydrogens is 282 g/mol. The monoisotopic (exact) mass is 297 g/mol. The van der Waals surface area contributed by atoms with Gasteiger partial charge in [-0.2, -0.15) is 0 Å². The van der Waals surface area contributed by atoms with Crippen molar-refractivity contribution >= 4 is 27.1 Å². The quantitative estimate of drug-likeness (QED) is 0.923. The largest absolute Gasteiger partial charge is 0.396 e. The molecule has 0 amide bonds. The molecule has 1 N–H and O–H groups in total. The molecule has 0 saturated heterocycles. The number of pyridine rings is 1. The first-order chi connectivity index (χ1) is 8.26. The Morgan fingerprint density at radius 1 is 1.47 bits per heavy atom. The van der Waals surface area contributed by atoms with Crippen molar-refractivity contribution in [2.75, 3.05) is 6.61 Å². The van der Waals surface area contributed by atoms with Gasteiger partial charge in [0.05, 0.1) is 0 Å². The number of imidazole rings is 1. The summed E-state index contributed by atoms with van der Waals surface area (Å²) in [6, 6.07) is 1.98. The van der Waals surface area contributed by atoms with Crippen LogP contribution in [0.3, 0.4) is 0 Å². The average molecular weight is 298 g/mol. The highest BCUT2D eigenvalue weighted by Crippen LogP contribution is 2.19. The normalized spacial score (nSPS) is 11.2. The predicted octanol–water partition coefficient (Wildman–Crippen LogP) is 2.53. The fraction of sp³-hybridized carbons (Fsp3) is 0.500. The fourth-order valence-corrected chi connectivity index (χ4v) is 2.23. The van der Waals surface area contributed by atoms with Crippen molar-refractivity contribution in [2.45, 2.75) is 32.7 Å². The van der Waals surface area contributed by atoms with E-state index in [1.54, 1.807) is 6.20 Å². The maximum atomic E-state index is 8.94. The lowest BCUT2D eigenvalue weighted by molar-refractivity contribution is 0.279. The van der Waals surface area contributed by atoms with E-state index in [4.69, 9.17) is 5.11 Å². The molecule has 0 radical (unpaired) electrons. The van der Waals surface area contributed by atoms with Crippen LogP contribution >= 0.6 is 15.9 Å². The molecule has 17 heavy (non-hydrogen) atoms. The number of nitrogens with zero attached hydrogens (tertiary/aromatic N) is 3. The first-order valence-electron chi connectivity index (χ1n) is 5.87. The number of fused-ring (bicyclic) bond motifs is 1. The molecule has 0 aromatic carbocycles. The van der Waals surface area contributed by atoms with Gasteiger partial charge in [0.2, 0.25) is 0 Å². The van der Waals surface area contributed by atoms with Gasteiger partial charge in [-0.05, 0) is 34.8 Å². The third kappa shape index (κ3) is 2.66. The third-order valence-electron chi connectivity index (χ3n) is 2.64. The van der Waals surface area contributed by atoms with E-state index < -0.39 is 0 Å². The number of aliphatic hydroxyl groups is 1. The van der Waals surface area contributed by atoms with Gasteiger partial charge in [0.25, 0.3) is 0 Å². The number of aromatic nitrogens is 3. The maximum absolute atomic E-state index is 8.94. The van der Waals surface area contributed by atoms with Gasteiger partial charge in [-0.25, -0.2) is 9.97 Å². The smallest absolute Gasteiger partial charge is 0.160 e. The van der Waals surface area contributed by atoms with Crippen molar-refractivity contribution in [1.82, 2.24) is 14.5 Å². The first-order valence-corrected chi connectivity index (χ1v) is 6.67. The van der Waals surface area contributed by atoms with Gasteiger partial charge in [-0.1, -0.05) is 6.92 Å². The third-order valence-corrected chi connectivity index (χ3v) is 3.08. The molecule has 4 nitrogen and oxygen atoms in total. The van der Waals surface area contributed by atoms with Crippen LogP contribution in [-0.4, -0.2) is 26.2 Å². The Bertz CT molecular complexity index is 510. The fourth-order valence-electron chi connectivity index (χ4n) is 1.91. The molecule has 2 rings (SSSR count). The molecule has 92 valence electrons. The summed E-state index contributed by atoms with van der Waals surface area (Å²) in [5, 5.41) is 8.94. The van der Waals surface area contributed by atoms with Gasteiger partial charge < -0.3 is 9.67 Å². The molecule has 0 aliphatic carbocycles. The van der Waals surface area contributed by atoms with Gasteiger partial charge in [0.15, 0.2) is 5.65 Å². The van der Waals surface area contributed by atoms with Crippen molar-refractivity contribution in [2.24, 2.45) is 0 Å². The van der Waals surface area contributed by atoms with E-state index in [-0.39, 0.29) is 6.61 Å². The number of aryl methyl sites for hydroxylation is 2. The number of aliphatic hydroxyl groups excluding tert-OH is 1. The van der Waals surface area contributed by atoms with Crippen LogP contribution in [0.2, 0.25) is 0 Å². The molecule has 0 spiro atoms. The zero-order valence-electron chi connectivity index (χ0n) is 9.86. The maximum Gasteiger partial charge on any atom is 0.160 e. The Hall–Kier alpha value is -0.940. The van der Waals surface area contributed by atoms with Gasteiger partial charge in [0, 0.05) is 30.2 Å². The summed E-state index contributed by atoms with van der Waals surface area (Å²) in [5.41, 5.74) is 1.82. The van der Waals surface area contributed by atoms with Crippen LogP contribution in [0, 0.1) is 0 Å². The molecule has 2 heterocycles. The molecule has 0 aliphatic heterocycles. The Morgan fingerprint density at radius 2 is 2.29 bits per heavy atom. The highest BCUT2D eigenvalue weighted by Gasteiger charge is 2.11. The lowest BCUT2D eigenvalue weighted by atomic mass is 10.3. The summed E-state index contributed by atoms with van der Waals surface area (Å²) < 4.78 is 3.06. The van der Waals surface area contributed by atoms with E-state index in [1.807, 2.05) is 6.07 Å². The molecule has 0 bridgehead atoms. The van der Waals surface area contributed by atoms with Gasteiger partial charge >= 0.3 is 0 Å². The Labute approximate surface area is 109 Å². The summed E-state index contributed by atoms with van der Waals surface area (Å²) in [6.45, 7) is 3.11. The second-order valence-electron chi connectivity index (χ2n) is 4.00. The lowest BCUT2D eigenvalue weighted by Crippen LogP contribution is -2.06. The lowest BCUT2D eigenvalue weighted by Gasteiger charge is -2.06. The zero-order valence-corrected chi connectivity index (χ0v) is 11.4. The molecule has 2 aromatic rings. The molecular formula is C12H16BrN3O. The first kappa shape index (κ1) is 12.5. The van der Waals surface area contributed by atoms with Crippen LogP contribution in [-0.2, 0) is 13.0 Å². The average Bonchev–Trinajstić information content (AvgIpc) is 2.63. The SMILES string of the molecule is CCCc1nc2cc(Br)cnc2n1CCCO. The van der Waals surface area contributed by atoms with Crippen LogP contribution in [0.1, 0.15) is 25.6 Å². The summed E-state index contributed by atoms with van der Waals surface area (Å²) >= 11 is 3.41. The van der Waals surface area contributed by atoms with Gasteiger partial charge in [-0.3, -0.25) is 0 Å². The van der Waals surface area contributed by atoms with Crippen molar-refractivity contribution in [1.29, 1.82) is 0 Å². The second-order valence-corrected chi connectivity index (χ2v) is 4.92. The van der Waals surface area contributed by atoms with Crippen LogP contribution in [0.15, 0.2) is 16.7 Å². The molecule has 0 atom stereocenters. The van der Waals surface area contributed by atoms with E-state index >= 15 is 0 Å². The van der Waals surface area contributed by atoms with E-state index in [1.165, 1.54) is 0 Å². The number of rotatable bonds is 5. The zero-order chi connectivity index (χ0) is 12.3. The van der Waals surface area contributed by atoms with Gasteiger partial charge in [-0.15, -0.1) is 0 Å². The van der Waals surface area contributed by atoms with E-state index in [2.05, 4.69) is 37.4 Å².